The van der Waals surface area contributed by atoms with Crippen molar-refractivity contribution in [3.8, 4) is 11.5 Å². The average molecular weight is 440 g/mol. The Balaban J connectivity index is 1.16. The molecule has 4 rings (SSSR count). The van der Waals surface area contributed by atoms with Gasteiger partial charge in [-0.2, -0.15) is 0 Å². The van der Waals surface area contributed by atoms with E-state index in [1.165, 1.54) is 0 Å². The third-order valence-corrected chi connectivity index (χ3v) is 5.62. The van der Waals surface area contributed by atoms with E-state index in [9.17, 15) is 10.2 Å². The Morgan fingerprint density at radius 2 is 1.06 bits per heavy atom. The van der Waals surface area contributed by atoms with Gasteiger partial charge in [0.05, 0.1) is 0 Å². The number of rotatable bonds is 10. The smallest absolute Gasteiger partial charge is 0.124 e. The van der Waals surface area contributed by atoms with Gasteiger partial charge in [-0.15, -0.1) is 0 Å². The molecule has 33 heavy (non-hydrogen) atoms. The summed E-state index contributed by atoms with van der Waals surface area (Å²) in [5.41, 5.74) is 1.55. The van der Waals surface area contributed by atoms with E-state index in [4.69, 9.17) is 0 Å². The summed E-state index contributed by atoms with van der Waals surface area (Å²) in [6.45, 7) is 3.17. The molecule has 4 aromatic rings. The average Bonchev–Trinajstić information content (AvgIpc) is 2.84. The molecule has 0 spiro atoms. The normalized spacial score (nSPS) is 11.9. The predicted octanol–water partition coefficient (Wildman–Crippen LogP) is 5.31. The van der Waals surface area contributed by atoms with Gasteiger partial charge in [-0.3, -0.25) is 9.98 Å². The van der Waals surface area contributed by atoms with Crippen LogP contribution in [0.1, 0.15) is 24.0 Å². The Morgan fingerprint density at radius 1 is 0.606 bits per heavy atom. The molecule has 0 aliphatic heterocycles. The van der Waals surface area contributed by atoms with E-state index in [1.54, 1.807) is 24.6 Å². The lowest BCUT2D eigenvalue weighted by Gasteiger charge is -2.05. The highest BCUT2D eigenvalue weighted by molar-refractivity contribution is 6.03. The predicted molar refractivity (Wildman–Crippen MR) is 138 cm³/mol. The molecule has 0 aromatic heterocycles. The first-order valence-electron chi connectivity index (χ1n) is 11.4. The molecule has 0 heterocycles. The maximum atomic E-state index is 10.2. The first kappa shape index (κ1) is 22.5. The van der Waals surface area contributed by atoms with Crippen molar-refractivity contribution in [1.29, 1.82) is 0 Å². The van der Waals surface area contributed by atoms with Crippen molar-refractivity contribution in [2.45, 2.75) is 12.8 Å². The standard InChI is InChI=1S/C28H29N3O2/c32-27-13-11-21-7-1-3-9-23(21)25(27)19-30-17-5-15-29-16-6-18-31-20-26-24-10-4-2-8-22(24)12-14-28(26)33/h1-4,7-14,19-20,29,32-33H,5-6,15-18H2. The van der Waals surface area contributed by atoms with Crippen LogP contribution < -0.4 is 5.32 Å². The van der Waals surface area contributed by atoms with Crippen molar-refractivity contribution >= 4 is 34.0 Å². The fourth-order valence-electron chi connectivity index (χ4n) is 3.87. The summed E-state index contributed by atoms with van der Waals surface area (Å²) in [5, 5.41) is 28.0. The van der Waals surface area contributed by atoms with E-state index >= 15 is 0 Å². The van der Waals surface area contributed by atoms with Crippen LogP contribution in [0.3, 0.4) is 0 Å². The van der Waals surface area contributed by atoms with Crippen LogP contribution >= 0.6 is 0 Å². The SMILES string of the molecule is Oc1ccc2ccccc2c1C=NCCCNCCCN=Cc1c(O)ccc2ccccc12. The van der Waals surface area contributed by atoms with Crippen LogP contribution in [0.15, 0.2) is 82.8 Å². The number of phenolic OH excluding ortho intramolecular Hbond substituents is 2. The monoisotopic (exact) mass is 439 g/mol. The maximum Gasteiger partial charge on any atom is 0.124 e. The summed E-state index contributed by atoms with van der Waals surface area (Å²) in [7, 11) is 0. The molecule has 0 amide bonds. The molecule has 5 heteroatoms. The number of benzene rings is 4. The Morgan fingerprint density at radius 3 is 1.55 bits per heavy atom. The van der Waals surface area contributed by atoms with Gasteiger partial charge in [-0.05, 0) is 59.6 Å². The van der Waals surface area contributed by atoms with E-state index in [-0.39, 0.29) is 11.5 Å². The molecule has 0 atom stereocenters. The minimum absolute atomic E-state index is 0.257. The molecule has 0 bridgehead atoms. The highest BCUT2D eigenvalue weighted by atomic mass is 16.3. The van der Waals surface area contributed by atoms with Gasteiger partial charge < -0.3 is 15.5 Å². The van der Waals surface area contributed by atoms with E-state index < -0.39 is 0 Å². The van der Waals surface area contributed by atoms with Gasteiger partial charge in [-0.1, -0.05) is 60.7 Å². The minimum atomic E-state index is 0.257. The molecule has 3 N–H and O–H groups in total. The number of aliphatic imine (C=N–C) groups is 2. The fourth-order valence-corrected chi connectivity index (χ4v) is 3.87. The van der Waals surface area contributed by atoms with Crippen molar-refractivity contribution in [3.05, 3.63) is 83.9 Å². The van der Waals surface area contributed by atoms with E-state index in [0.717, 1.165) is 58.6 Å². The van der Waals surface area contributed by atoms with Gasteiger partial charge in [0.25, 0.3) is 0 Å². The molecule has 0 aliphatic rings. The van der Waals surface area contributed by atoms with Crippen molar-refractivity contribution in [3.63, 3.8) is 0 Å². The Bertz CT molecular complexity index is 1180. The Hall–Kier alpha value is -3.70. The van der Waals surface area contributed by atoms with Crippen molar-refractivity contribution < 1.29 is 10.2 Å². The van der Waals surface area contributed by atoms with Gasteiger partial charge in [0.1, 0.15) is 11.5 Å². The zero-order chi connectivity index (χ0) is 22.9. The minimum Gasteiger partial charge on any atom is -0.507 e. The van der Waals surface area contributed by atoms with Gasteiger partial charge in [0, 0.05) is 36.6 Å². The van der Waals surface area contributed by atoms with E-state index in [0.29, 0.717) is 13.1 Å². The first-order chi connectivity index (χ1) is 16.2. The molecular weight excluding hydrogens is 410 g/mol. The number of hydrogen-bond acceptors (Lipinski definition) is 5. The molecular formula is C28H29N3O2. The molecule has 0 unspecified atom stereocenters. The lowest BCUT2D eigenvalue weighted by Crippen LogP contribution is -2.18. The number of fused-ring (bicyclic) bond motifs is 2. The lowest BCUT2D eigenvalue weighted by atomic mass is 10.0. The lowest BCUT2D eigenvalue weighted by molar-refractivity contribution is 0.475. The molecule has 0 fully saturated rings. The number of hydrogen-bond donors (Lipinski definition) is 3. The molecule has 0 radical (unpaired) electrons. The summed E-state index contributed by atoms with van der Waals surface area (Å²) in [4.78, 5) is 8.99. The largest absolute Gasteiger partial charge is 0.507 e. The van der Waals surface area contributed by atoms with Crippen LogP contribution in [0.5, 0.6) is 11.5 Å². The van der Waals surface area contributed by atoms with Gasteiger partial charge in [0.2, 0.25) is 0 Å². The molecule has 0 aliphatic carbocycles. The van der Waals surface area contributed by atoms with Crippen LogP contribution in [0, 0.1) is 0 Å². The number of phenols is 2. The third kappa shape index (κ3) is 5.76. The third-order valence-electron chi connectivity index (χ3n) is 5.62. The summed E-state index contributed by atoms with van der Waals surface area (Å²) < 4.78 is 0. The number of nitrogens with zero attached hydrogens (tertiary/aromatic N) is 2. The van der Waals surface area contributed by atoms with E-state index in [2.05, 4.69) is 15.3 Å². The molecule has 4 aromatic carbocycles. The van der Waals surface area contributed by atoms with Crippen LogP contribution in [-0.4, -0.2) is 48.8 Å². The van der Waals surface area contributed by atoms with Crippen LogP contribution in [-0.2, 0) is 0 Å². The molecule has 0 saturated heterocycles. The maximum absolute atomic E-state index is 10.2. The second-order valence-electron chi connectivity index (χ2n) is 7.97. The van der Waals surface area contributed by atoms with Crippen LogP contribution in [0.2, 0.25) is 0 Å². The zero-order valence-corrected chi connectivity index (χ0v) is 18.6. The second kappa shape index (κ2) is 11.2. The Kier molecular flexibility index (Phi) is 7.67. The first-order valence-corrected chi connectivity index (χ1v) is 11.4. The fraction of sp³-hybridized carbons (Fsp3) is 0.214. The summed E-state index contributed by atoms with van der Waals surface area (Å²) in [5.74, 6) is 0.515. The van der Waals surface area contributed by atoms with Crippen molar-refractivity contribution in [2.75, 3.05) is 26.2 Å². The molecule has 168 valence electrons. The van der Waals surface area contributed by atoms with Crippen LogP contribution in [0.25, 0.3) is 21.5 Å². The number of nitrogens with one attached hydrogen (secondary N) is 1. The highest BCUT2D eigenvalue weighted by Crippen LogP contribution is 2.26. The van der Waals surface area contributed by atoms with E-state index in [1.807, 2.05) is 60.7 Å². The number of aromatic hydroxyl groups is 2. The van der Waals surface area contributed by atoms with Crippen molar-refractivity contribution in [1.82, 2.24) is 5.32 Å². The van der Waals surface area contributed by atoms with Gasteiger partial charge in [0.15, 0.2) is 0 Å². The van der Waals surface area contributed by atoms with Crippen molar-refractivity contribution in [2.24, 2.45) is 9.98 Å². The molecule has 0 saturated carbocycles. The summed E-state index contributed by atoms with van der Waals surface area (Å²) in [6.07, 6.45) is 5.40. The zero-order valence-electron chi connectivity index (χ0n) is 18.6. The summed E-state index contributed by atoms with van der Waals surface area (Å²) >= 11 is 0. The topological polar surface area (TPSA) is 77.2 Å². The van der Waals surface area contributed by atoms with Crippen LogP contribution in [0.4, 0.5) is 0 Å². The molecule has 5 nitrogen and oxygen atoms in total. The van der Waals surface area contributed by atoms with Gasteiger partial charge in [-0.25, -0.2) is 0 Å². The highest BCUT2D eigenvalue weighted by Gasteiger charge is 2.04. The Labute approximate surface area is 194 Å². The second-order valence-corrected chi connectivity index (χ2v) is 7.97. The quantitative estimate of drug-likeness (QED) is 0.231. The summed E-state index contributed by atoms with van der Waals surface area (Å²) in [6, 6.07) is 23.3. The van der Waals surface area contributed by atoms with Gasteiger partial charge >= 0.3 is 0 Å².